The van der Waals surface area contributed by atoms with Crippen molar-refractivity contribution in [3.8, 4) is 5.88 Å². The summed E-state index contributed by atoms with van der Waals surface area (Å²) in [5.41, 5.74) is 2.70. The van der Waals surface area contributed by atoms with Gasteiger partial charge < -0.3 is 9.47 Å². The highest BCUT2D eigenvalue weighted by Gasteiger charge is 2.14. The number of carbonyl (C=O) groups excluding carboxylic acids is 1. The van der Waals surface area contributed by atoms with Gasteiger partial charge in [-0.1, -0.05) is 0 Å². The van der Waals surface area contributed by atoms with Crippen LogP contribution in [0.5, 0.6) is 5.88 Å². The zero-order valence-corrected chi connectivity index (χ0v) is 9.10. The third-order valence-corrected chi connectivity index (χ3v) is 2.58. The zero-order chi connectivity index (χ0) is 11.4. The van der Waals surface area contributed by atoms with Crippen molar-refractivity contribution in [1.29, 1.82) is 0 Å². The molecule has 16 heavy (non-hydrogen) atoms. The number of carbonyl (C=O) groups is 1. The van der Waals surface area contributed by atoms with Gasteiger partial charge in [0.05, 0.1) is 20.3 Å². The lowest BCUT2D eigenvalue weighted by Crippen LogP contribution is -2.11. The molecule has 0 atom stereocenters. The number of hydrogen-bond donors (Lipinski definition) is 0. The molecule has 1 aromatic heterocycles. The minimum absolute atomic E-state index is 0.394. The third kappa shape index (κ3) is 2.12. The summed E-state index contributed by atoms with van der Waals surface area (Å²) in [6.45, 7) is 1.05. The van der Waals surface area contributed by atoms with E-state index in [2.05, 4.69) is 4.98 Å². The third-order valence-electron chi connectivity index (χ3n) is 2.58. The van der Waals surface area contributed by atoms with E-state index in [4.69, 9.17) is 9.47 Å². The summed E-state index contributed by atoms with van der Waals surface area (Å²) >= 11 is 0. The van der Waals surface area contributed by atoms with E-state index in [1.54, 1.807) is 19.4 Å². The number of hydrogen-bond acceptors (Lipinski definition) is 4. The Hall–Kier alpha value is -1.68. The first-order chi connectivity index (χ1) is 7.85. The second-order valence-electron chi connectivity index (χ2n) is 3.51. The average molecular weight is 219 g/mol. The first-order valence-electron chi connectivity index (χ1n) is 5.10. The van der Waals surface area contributed by atoms with E-state index < -0.39 is 0 Å². The molecule has 1 aliphatic heterocycles. The van der Waals surface area contributed by atoms with Gasteiger partial charge >= 0.3 is 0 Å². The number of ether oxygens (including phenoxy) is 2. The van der Waals surface area contributed by atoms with E-state index in [9.17, 15) is 4.79 Å². The molecule has 4 heteroatoms. The summed E-state index contributed by atoms with van der Waals surface area (Å²) < 4.78 is 10.2. The first-order valence-corrected chi connectivity index (χ1v) is 5.10. The number of nitrogens with zero attached hydrogens (tertiary/aromatic N) is 1. The van der Waals surface area contributed by atoms with Gasteiger partial charge in [-0.2, -0.15) is 0 Å². The van der Waals surface area contributed by atoms with Gasteiger partial charge in [-0.3, -0.25) is 4.79 Å². The molecule has 0 N–H and O–H groups in total. The van der Waals surface area contributed by atoms with E-state index in [1.165, 1.54) is 0 Å². The zero-order valence-electron chi connectivity index (χ0n) is 9.10. The Morgan fingerprint density at radius 3 is 3.00 bits per heavy atom. The predicted molar refractivity (Wildman–Crippen MR) is 59.2 cm³/mol. The molecule has 0 aliphatic carbocycles. The maximum Gasteiger partial charge on any atom is 0.212 e. The maximum atomic E-state index is 10.9. The standard InChI is InChI=1S/C12H13NO3/c1-15-12-3-2-9(6-13-12)11-4-5-16-8-10(11)7-14/h2-3,6-7H,4-5,8H2,1H3. The van der Waals surface area contributed by atoms with Crippen molar-refractivity contribution in [1.82, 2.24) is 4.98 Å². The van der Waals surface area contributed by atoms with Gasteiger partial charge in [0, 0.05) is 17.8 Å². The molecule has 2 rings (SSSR count). The summed E-state index contributed by atoms with van der Waals surface area (Å²) in [5, 5.41) is 0. The molecule has 1 aromatic rings. The Labute approximate surface area is 93.9 Å². The van der Waals surface area contributed by atoms with Gasteiger partial charge in [0.25, 0.3) is 0 Å². The molecular weight excluding hydrogens is 206 g/mol. The summed E-state index contributed by atoms with van der Waals surface area (Å²) in [7, 11) is 1.58. The maximum absolute atomic E-state index is 10.9. The number of rotatable bonds is 3. The predicted octanol–water partition coefficient (Wildman–Crippen LogP) is 1.46. The largest absolute Gasteiger partial charge is 0.481 e. The van der Waals surface area contributed by atoms with Crippen LogP contribution in [0.15, 0.2) is 23.9 Å². The monoisotopic (exact) mass is 219 g/mol. The van der Waals surface area contributed by atoms with E-state index in [1.807, 2.05) is 6.07 Å². The molecule has 84 valence electrons. The minimum Gasteiger partial charge on any atom is -0.481 e. The van der Waals surface area contributed by atoms with Crippen molar-refractivity contribution in [3.05, 3.63) is 29.5 Å². The van der Waals surface area contributed by atoms with Crippen molar-refractivity contribution >= 4 is 11.9 Å². The van der Waals surface area contributed by atoms with Crippen LogP contribution in [0.25, 0.3) is 5.57 Å². The van der Waals surface area contributed by atoms with E-state index in [0.29, 0.717) is 24.7 Å². The minimum atomic E-state index is 0.394. The van der Waals surface area contributed by atoms with Crippen LogP contribution in [0.2, 0.25) is 0 Å². The van der Waals surface area contributed by atoms with Crippen molar-refractivity contribution in [2.45, 2.75) is 6.42 Å². The Balaban J connectivity index is 2.34. The van der Waals surface area contributed by atoms with Gasteiger partial charge in [0.2, 0.25) is 5.88 Å². The smallest absolute Gasteiger partial charge is 0.212 e. The van der Waals surface area contributed by atoms with E-state index in [-0.39, 0.29) is 0 Å². The van der Waals surface area contributed by atoms with Crippen LogP contribution >= 0.6 is 0 Å². The average Bonchev–Trinajstić information content (AvgIpc) is 2.39. The second-order valence-corrected chi connectivity index (χ2v) is 3.51. The Bertz CT molecular complexity index is 409. The van der Waals surface area contributed by atoms with Gasteiger partial charge in [-0.15, -0.1) is 0 Å². The van der Waals surface area contributed by atoms with Crippen LogP contribution < -0.4 is 4.74 Å². The molecule has 0 fully saturated rings. The van der Waals surface area contributed by atoms with Gasteiger partial charge in [0.1, 0.15) is 6.29 Å². The van der Waals surface area contributed by atoms with Crippen LogP contribution in [0.3, 0.4) is 0 Å². The van der Waals surface area contributed by atoms with Gasteiger partial charge in [-0.25, -0.2) is 4.98 Å². The highest BCUT2D eigenvalue weighted by molar-refractivity contribution is 5.88. The lowest BCUT2D eigenvalue weighted by molar-refractivity contribution is -0.105. The van der Waals surface area contributed by atoms with Crippen LogP contribution in [0.4, 0.5) is 0 Å². The molecule has 0 unspecified atom stereocenters. The SMILES string of the molecule is COc1ccc(C2=C(C=O)COCC2)cn1. The summed E-state index contributed by atoms with van der Waals surface area (Å²) in [6.07, 6.45) is 3.34. The molecule has 0 aromatic carbocycles. The highest BCUT2D eigenvalue weighted by Crippen LogP contribution is 2.25. The van der Waals surface area contributed by atoms with Crippen molar-refractivity contribution in [3.63, 3.8) is 0 Å². The number of aromatic nitrogens is 1. The molecule has 0 bridgehead atoms. The fourth-order valence-corrected chi connectivity index (χ4v) is 1.72. The Kier molecular flexibility index (Phi) is 3.31. The number of aldehydes is 1. The number of pyridine rings is 1. The highest BCUT2D eigenvalue weighted by atomic mass is 16.5. The summed E-state index contributed by atoms with van der Waals surface area (Å²) in [6, 6.07) is 3.70. The topological polar surface area (TPSA) is 48.4 Å². The molecule has 2 heterocycles. The van der Waals surface area contributed by atoms with Crippen LogP contribution in [-0.2, 0) is 9.53 Å². The fourth-order valence-electron chi connectivity index (χ4n) is 1.72. The Morgan fingerprint density at radius 2 is 2.38 bits per heavy atom. The molecule has 0 saturated heterocycles. The van der Waals surface area contributed by atoms with Gasteiger partial charge in [0.15, 0.2) is 0 Å². The van der Waals surface area contributed by atoms with Crippen LogP contribution in [0.1, 0.15) is 12.0 Å². The quantitative estimate of drug-likeness (QED) is 0.722. The van der Waals surface area contributed by atoms with Crippen molar-refractivity contribution in [2.24, 2.45) is 0 Å². The first kappa shape index (κ1) is 10.8. The normalized spacial score (nSPS) is 16.1. The lowest BCUT2D eigenvalue weighted by atomic mass is 9.98. The molecule has 0 spiro atoms. The number of methoxy groups -OCH3 is 1. The second kappa shape index (κ2) is 4.90. The van der Waals surface area contributed by atoms with E-state index in [0.717, 1.165) is 23.8 Å². The molecule has 4 nitrogen and oxygen atoms in total. The summed E-state index contributed by atoms with van der Waals surface area (Å²) in [5.74, 6) is 0.573. The van der Waals surface area contributed by atoms with E-state index >= 15 is 0 Å². The van der Waals surface area contributed by atoms with Crippen molar-refractivity contribution in [2.75, 3.05) is 20.3 Å². The lowest BCUT2D eigenvalue weighted by Gasteiger charge is -2.17. The fraction of sp³-hybridized carbons (Fsp3) is 0.333. The molecular formula is C12H13NO3. The molecule has 0 radical (unpaired) electrons. The summed E-state index contributed by atoms with van der Waals surface area (Å²) in [4.78, 5) is 15.0. The van der Waals surface area contributed by atoms with Gasteiger partial charge in [-0.05, 0) is 23.6 Å². The van der Waals surface area contributed by atoms with Crippen LogP contribution in [-0.4, -0.2) is 31.6 Å². The molecule has 1 aliphatic rings. The molecule has 0 saturated carbocycles. The molecule has 0 amide bonds. The Morgan fingerprint density at radius 1 is 1.50 bits per heavy atom. The van der Waals surface area contributed by atoms with Crippen LogP contribution in [0, 0.1) is 0 Å². The van der Waals surface area contributed by atoms with Crippen molar-refractivity contribution < 1.29 is 14.3 Å².